The van der Waals surface area contributed by atoms with Crippen molar-refractivity contribution in [3.8, 4) is 0 Å². The Hall–Kier alpha value is -0.380. The van der Waals surface area contributed by atoms with Crippen molar-refractivity contribution in [2.24, 2.45) is 11.8 Å². The van der Waals surface area contributed by atoms with Crippen LogP contribution < -0.4 is 0 Å². The Kier molecular flexibility index (Phi) is 1.36. The van der Waals surface area contributed by atoms with Gasteiger partial charge in [-0.2, -0.15) is 4.98 Å². The molecule has 0 bridgehead atoms. The molecule has 2 atom stereocenters. The SMILES string of the molecule is Brc1noc(C2C3CCCC32)n1. The van der Waals surface area contributed by atoms with Crippen molar-refractivity contribution < 1.29 is 4.52 Å². The molecule has 3 nitrogen and oxygen atoms in total. The molecule has 0 amide bonds. The van der Waals surface area contributed by atoms with E-state index in [9.17, 15) is 0 Å². The van der Waals surface area contributed by atoms with Crippen molar-refractivity contribution in [3.63, 3.8) is 0 Å². The summed E-state index contributed by atoms with van der Waals surface area (Å²) in [7, 11) is 0. The van der Waals surface area contributed by atoms with Crippen molar-refractivity contribution in [2.75, 3.05) is 0 Å². The van der Waals surface area contributed by atoms with E-state index in [2.05, 4.69) is 26.1 Å². The molecule has 1 aromatic rings. The summed E-state index contributed by atoms with van der Waals surface area (Å²) in [5.74, 6) is 3.16. The highest BCUT2D eigenvalue weighted by atomic mass is 79.9. The molecule has 1 heterocycles. The molecule has 2 fully saturated rings. The van der Waals surface area contributed by atoms with Crippen molar-refractivity contribution in [1.82, 2.24) is 10.1 Å². The minimum absolute atomic E-state index is 0.586. The highest BCUT2D eigenvalue weighted by molar-refractivity contribution is 9.10. The monoisotopic (exact) mass is 228 g/mol. The van der Waals surface area contributed by atoms with Gasteiger partial charge in [0.2, 0.25) is 10.6 Å². The fourth-order valence-corrected chi connectivity index (χ4v) is 2.79. The second-order valence-electron chi connectivity index (χ2n) is 3.69. The van der Waals surface area contributed by atoms with E-state index in [1.54, 1.807) is 0 Å². The van der Waals surface area contributed by atoms with E-state index in [1.165, 1.54) is 19.3 Å². The van der Waals surface area contributed by atoms with Crippen LogP contribution in [0.1, 0.15) is 31.1 Å². The maximum Gasteiger partial charge on any atom is 0.238 e. The number of halogens is 1. The normalized spacial score (nSPS) is 38.2. The molecule has 12 heavy (non-hydrogen) atoms. The highest BCUT2D eigenvalue weighted by Gasteiger charge is 2.56. The summed E-state index contributed by atoms with van der Waals surface area (Å²) in [5, 5.41) is 3.74. The zero-order valence-electron chi connectivity index (χ0n) is 6.53. The first-order valence-electron chi connectivity index (χ1n) is 4.35. The second kappa shape index (κ2) is 2.31. The standard InChI is InChI=1S/C8H9BrN2O/c9-8-10-7(12-11-8)6-4-2-1-3-5(4)6/h4-6H,1-3H2. The Morgan fingerprint density at radius 2 is 2.08 bits per heavy atom. The van der Waals surface area contributed by atoms with Gasteiger partial charge in [0, 0.05) is 5.92 Å². The minimum Gasteiger partial charge on any atom is -0.338 e. The smallest absolute Gasteiger partial charge is 0.238 e. The molecule has 2 aliphatic carbocycles. The largest absolute Gasteiger partial charge is 0.338 e. The molecule has 64 valence electrons. The van der Waals surface area contributed by atoms with Crippen LogP contribution in [-0.4, -0.2) is 10.1 Å². The molecule has 2 saturated carbocycles. The molecule has 0 radical (unpaired) electrons. The molecule has 0 saturated heterocycles. The zero-order valence-corrected chi connectivity index (χ0v) is 8.12. The third kappa shape index (κ3) is 0.873. The third-order valence-electron chi connectivity index (χ3n) is 3.11. The highest BCUT2D eigenvalue weighted by Crippen LogP contribution is 2.62. The number of aromatic nitrogens is 2. The van der Waals surface area contributed by atoms with E-state index in [-0.39, 0.29) is 0 Å². The molecular formula is C8H9BrN2O. The van der Waals surface area contributed by atoms with Crippen LogP contribution >= 0.6 is 15.9 Å². The molecule has 0 N–H and O–H groups in total. The van der Waals surface area contributed by atoms with Crippen LogP contribution in [0.2, 0.25) is 0 Å². The number of fused-ring (bicyclic) bond motifs is 1. The van der Waals surface area contributed by atoms with Gasteiger partial charge < -0.3 is 4.52 Å². The van der Waals surface area contributed by atoms with E-state index in [0.717, 1.165) is 17.7 Å². The van der Waals surface area contributed by atoms with Gasteiger partial charge in [0.25, 0.3) is 0 Å². The minimum atomic E-state index is 0.586. The van der Waals surface area contributed by atoms with E-state index < -0.39 is 0 Å². The van der Waals surface area contributed by atoms with Crippen LogP contribution in [0.3, 0.4) is 0 Å². The zero-order chi connectivity index (χ0) is 8.13. The summed E-state index contributed by atoms with van der Waals surface area (Å²) >= 11 is 3.19. The van der Waals surface area contributed by atoms with E-state index in [1.807, 2.05) is 0 Å². The van der Waals surface area contributed by atoms with Crippen molar-refractivity contribution in [2.45, 2.75) is 25.2 Å². The first kappa shape index (κ1) is 7.06. The number of hydrogen-bond acceptors (Lipinski definition) is 3. The molecule has 1 aromatic heterocycles. The molecule has 0 aromatic carbocycles. The predicted molar refractivity (Wildman–Crippen MR) is 45.6 cm³/mol. The molecule has 2 aliphatic rings. The molecule has 4 heteroatoms. The summed E-state index contributed by atoms with van der Waals surface area (Å²) in [6, 6.07) is 0. The van der Waals surface area contributed by atoms with Crippen molar-refractivity contribution in [1.29, 1.82) is 0 Å². The fraction of sp³-hybridized carbons (Fsp3) is 0.750. The summed E-state index contributed by atoms with van der Waals surface area (Å²) in [6.07, 6.45) is 4.10. The quantitative estimate of drug-likeness (QED) is 0.741. The topological polar surface area (TPSA) is 38.9 Å². The van der Waals surface area contributed by atoms with Crippen LogP contribution in [0.5, 0.6) is 0 Å². The second-order valence-corrected chi connectivity index (χ2v) is 4.40. The average molecular weight is 229 g/mol. The van der Waals surface area contributed by atoms with Gasteiger partial charge in [-0.05, 0) is 45.8 Å². The maximum atomic E-state index is 5.12. The summed E-state index contributed by atoms with van der Waals surface area (Å²) in [5.41, 5.74) is 0. The van der Waals surface area contributed by atoms with Crippen molar-refractivity contribution in [3.05, 3.63) is 10.6 Å². The lowest BCUT2D eigenvalue weighted by molar-refractivity contribution is 0.365. The fourth-order valence-electron chi connectivity index (χ4n) is 2.54. The van der Waals surface area contributed by atoms with Crippen LogP contribution in [0.15, 0.2) is 9.26 Å². The summed E-state index contributed by atoms with van der Waals surface area (Å²) < 4.78 is 5.70. The van der Waals surface area contributed by atoms with Gasteiger partial charge in [-0.25, -0.2) is 0 Å². The Balaban J connectivity index is 1.84. The summed E-state index contributed by atoms with van der Waals surface area (Å²) in [4.78, 5) is 4.19. The lowest BCUT2D eigenvalue weighted by atomic mass is 10.1. The number of nitrogens with zero attached hydrogens (tertiary/aromatic N) is 2. The lowest BCUT2D eigenvalue weighted by Crippen LogP contribution is -1.86. The molecule has 0 spiro atoms. The third-order valence-corrected chi connectivity index (χ3v) is 3.43. The van der Waals surface area contributed by atoms with Gasteiger partial charge >= 0.3 is 0 Å². The van der Waals surface area contributed by atoms with Crippen molar-refractivity contribution >= 4 is 15.9 Å². The van der Waals surface area contributed by atoms with Crippen LogP contribution in [0.25, 0.3) is 0 Å². The molecule has 0 aliphatic heterocycles. The number of hydrogen-bond donors (Lipinski definition) is 0. The van der Waals surface area contributed by atoms with Crippen LogP contribution in [-0.2, 0) is 0 Å². The molecule has 2 unspecified atom stereocenters. The van der Waals surface area contributed by atoms with Gasteiger partial charge in [-0.15, -0.1) is 0 Å². The van der Waals surface area contributed by atoms with Gasteiger partial charge in [0.15, 0.2) is 0 Å². The Labute approximate surface area is 78.7 Å². The van der Waals surface area contributed by atoms with E-state index in [0.29, 0.717) is 10.7 Å². The van der Waals surface area contributed by atoms with Gasteiger partial charge in [-0.1, -0.05) is 6.42 Å². The predicted octanol–water partition coefficient (Wildman–Crippen LogP) is 2.35. The lowest BCUT2D eigenvalue weighted by Gasteiger charge is -1.94. The first-order valence-corrected chi connectivity index (χ1v) is 5.14. The van der Waals surface area contributed by atoms with Gasteiger partial charge in [0.1, 0.15) is 0 Å². The number of rotatable bonds is 1. The van der Waals surface area contributed by atoms with E-state index in [4.69, 9.17) is 4.52 Å². The Bertz CT molecular complexity index is 302. The Morgan fingerprint density at radius 1 is 1.33 bits per heavy atom. The van der Waals surface area contributed by atoms with Gasteiger partial charge in [-0.3, -0.25) is 0 Å². The average Bonchev–Trinajstić information content (AvgIpc) is 2.55. The van der Waals surface area contributed by atoms with E-state index >= 15 is 0 Å². The Morgan fingerprint density at radius 3 is 2.67 bits per heavy atom. The molecule has 3 rings (SSSR count). The maximum absolute atomic E-state index is 5.12. The first-order chi connectivity index (χ1) is 5.86. The summed E-state index contributed by atoms with van der Waals surface area (Å²) in [6.45, 7) is 0. The van der Waals surface area contributed by atoms with Gasteiger partial charge in [0.05, 0.1) is 0 Å². The molecular weight excluding hydrogens is 220 g/mol. The van der Waals surface area contributed by atoms with Crippen LogP contribution in [0, 0.1) is 11.8 Å². The van der Waals surface area contributed by atoms with Crippen LogP contribution in [0.4, 0.5) is 0 Å².